The van der Waals surface area contributed by atoms with E-state index in [-0.39, 0.29) is 5.41 Å². The molecule has 0 aliphatic heterocycles. The summed E-state index contributed by atoms with van der Waals surface area (Å²) in [5, 5.41) is 7.00. The van der Waals surface area contributed by atoms with Crippen LogP contribution < -0.4 is 0 Å². The number of hydrogen-bond donors (Lipinski definition) is 1. The van der Waals surface area contributed by atoms with Crippen molar-refractivity contribution in [2.24, 2.45) is 0 Å². The lowest BCUT2D eigenvalue weighted by atomic mass is 9.76. The molecule has 0 amide bonds. The molecule has 0 fully saturated rings. The maximum absolute atomic E-state index is 4.33. The van der Waals surface area contributed by atoms with Crippen molar-refractivity contribution in [3.05, 3.63) is 12.2 Å². The molecule has 0 saturated heterocycles. The van der Waals surface area contributed by atoms with Crippen LogP contribution >= 0.6 is 0 Å². The predicted octanol–water partition coefficient (Wildman–Crippen LogP) is 3.05. The Morgan fingerprint density at radius 3 is 2.21 bits per heavy atom. The smallest absolute Gasteiger partial charge is 0.137 e. The maximum Gasteiger partial charge on any atom is 0.137 e. The first-order chi connectivity index (χ1) is 6.79. The summed E-state index contributed by atoms with van der Waals surface area (Å²) < 4.78 is 0. The van der Waals surface area contributed by atoms with E-state index in [2.05, 4.69) is 36.0 Å². The van der Waals surface area contributed by atoms with Crippen LogP contribution in [0.3, 0.4) is 0 Å². The maximum atomic E-state index is 4.33. The van der Waals surface area contributed by atoms with E-state index in [0.29, 0.717) is 0 Å². The molecule has 1 heterocycles. The molecule has 1 aromatic heterocycles. The number of nitrogens with zero attached hydrogens (tertiary/aromatic N) is 2. The summed E-state index contributed by atoms with van der Waals surface area (Å²) >= 11 is 0. The second-order valence-corrected chi connectivity index (χ2v) is 3.97. The van der Waals surface area contributed by atoms with Crippen LogP contribution in [0.25, 0.3) is 0 Å². The van der Waals surface area contributed by atoms with Crippen molar-refractivity contribution in [2.45, 2.75) is 58.3 Å². The zero-order valence-corrected chi connectivity index (χ0v) is 9.51. The minimum absolute atomic E-state index is 0.236. The molecule has 0 saturated carbocycles. The molecular weight excluding hydrogens is 174 g/mol. The Morgan fingerprint density at radius 1 is 1.21 bits per heavy atom. The molecule has 0 radical (unpaired) electrons. The molecule has 3 heteroatoms. The number of rotatable bonds is 6. The molecule has 0 atom stereocenters. The number of aromatic amines is 1. The van der Waals surface area contributed by atoms with Gasteiger partial charge in [0.05, 0.1) is 0 Å². The molecule has 0 aliphatic rings. The Bertz CT molecular complexity index is 235. The van der Waals surface area contributed by atoms with Gasteiger partial charge in [-0.25, -0.2) is 4.98 Å². The van der Waals surface area contributed by atoms with Crippen LogP contribution in [0, 0.1) is 0 Å². The number of H-pyrrole nitrogens is 1. The van der Waals surface area contributed by atoms with Gasteiger partial charge >= 0.3 is 0 Å². The molecule has 1 N–H and O–H groups in total. The Balaban J connectivity index is 2.88. The van der Waals surface area contributed by atoms with E-state index in [1.165, 1.54) is 25.7 Å². The Labute approximate surface area is 86.3 Å². The Morgan fingerprint density at radius 2 is 1.86 bits per heavy atom. The average Bonchev–Trinajstić information content (AvgIpc) is 2.70. The second-order valence-electron chi connectivity index (χ2n) is 3.97. The number of nitrogens with one attached hydrogen (secondary N) is 1. The normalized spacial score (nSPS) is 11.9. The van der Waals surface area contributed by atoms with E-state index in [9.17, 15) is 0 Å². The zero-order valence-electron chi connectivity index (χ0n) is 9.51. The summed E-state index contributed by atoms with van der Waals surface area (Å²) in [6, 6.07) is 0. The SMILES string of the molecule is CCCC(CC)(CCC)c1ncn[nH]1. The Kier molecular flexibility index (Phi) is 4.11. The molecule has 0 aliphatic carbocycles. The molecule has 0 unspecified atom stereocenters. The van der Waals surface area contributed by atoms with Crippen LogP contribution in [-0.4, -0.2) is 15.2 Å². The van der Waals surface area contributed by atoms with Gasteiger partial charge in [-0.15, -0.1) is 0 Å². The summed E-state index contributed by atoms with van der Waals surface area (Å²) in [5.41, 5.74) is 0.236. The van der Waals surface area contributed by atoms with Crippen LogP contribution in [0.5, 0.6) is 0 Å². The molecular formula is C11H21N3. The van der Waals surface area contributed by atoms with Crippen LogP contribution in [0.1, 0.15) is 58.7 Å². The fourth-order valence-electron chi connectivity index (χ4n) is 2.30. The van der Waals surface area contributed by atoms with E-state index in [0.717, 1.165) is 12.2 Å². The summed E-state index contributed by atoms with van der Waals surface area (Å²) in [6.45, 7) is 6.71. The Hall–Kier alpha value is -0.860. The molecule has 0 spiro atoms. The molecule has 1 aromatic rings. The van der Waals surface area contributed by atoms with Gasteiger partial charge < -0.3 is 0 Å². The third-order valence-electron chi connectivity index (χ3n) is 3.05. The van der Waals surface area contributed by atoms with E-state index < -0.39 is 0 Å². The third kappa shape index (κ3) is 2.14. The standard InChI is InChI=1S/C11H21N3/c1-4-7-11(6-3,8-5-2)10-12-9-13-14-10/h9H,4-8H2,1-3H3,(H,12,13,14). The summed E-state index contributed by atoms with van der Waals surface area (Å²) in [7, 11) is 0. The number of hydrogen-bond acceptors (Lipinski definition) is 2. The van der Waals surface area contributed by atoms with E-state index in [4.69, 9.17) is 0 Å². The first-order valence-electron chi connectivity index (χ1n) is 5.65. The average molecular weight is 195 g/mol. The van der Waals surface area contributed by atoms with Gasteiger partial charge in [0.2, 0.25) is 0 Å². The zero-order chi connectivity index (χ0) is 10.4. The summed E-state index contributed by atoms with van der Waals surface area (Å²) in [4.78, 5) is 4.33. The van der Waals surface area contributed by atoms with Gasteiger partial charge in [-0.1, -0.05) is 33.6 Å². The van der Waals surface area contributed by atoms with Crippen LogP contribution in [-0.2, 0) is 5.41 Å². The highest BCUT2D eigenvalue weighted by molar-refractivity contribution is 5.05. The molecule has 3 nitrogen and oxygen atoms in total. The van der Waals surface area contributed by atoms with E-state index in [1.54, 1.807) is 6.33 Å². The van der Waals surface area contributed by atoms with E-state index >= 15 is 0 Å². The van der Waals surface area contributed by atoms with E-state index in [1.807, 2.05) is 0 Å². The fourth-order valence-corrected chi connectivity index (χ4v) is 2.30. The molecule has 0 bridgehead atoms. The monoisotopic (exact) mass is 195 g/mol. The lowest BCUT2D eigenvalue weighted by Gasteiger charge is -2.29. The highest BCUT2D eigenvalue weighted by atomic mass is 15.2. The van der Waals surface area contributed by atoms with Crippen molar-refractivity contribution in [1.82, 2.24) is 15.2 Å². The van der Waals surface area contributed by atoms with Gasteiger partial charge in [-0.05, 0) is 19.3 Å². The second kappa shape index (κ2) is 5.13. The fraction of sp³-hybridized carbons (Fsp3) is 0.818. The van der Waals surface area contributed by atoms with Gasteiger partial charge in [0.1, 0.15) is 12.2 Å². The highest BCUT2D eigenvalue weighted by Crippen LogP contribution is 2.34. The molecule has 1 rings (SSSR count). The van der Waals surface area contributed by atoms with Crippen molar-refractivity contribution in [3.8, 4) is 0 Å². The third-order valence-corrected chi connectivity index (χ3v) is 3.05. The lowest BCUT2D eigenvalue weighted by Crippen LogP contribution is -2.26. The first-order valence-corrected chi connectivity index (χ1v) is 5.65. The lowest BCUT2D eigenvalue weighted by molar-refractivity contribution is 0.325. The van der Waals surface area contributed by atoms with Crippen molar-refractivity contribution < 1.29 is 0 Å². The van der Waals surface area contributed by atoms with Gasteiger partial charge in [0.25, 0.3) is 0 Å². The topological polar surface area (TPSA) is 41.6 Å². The van der Waals surface area contributed by atoms with Crippen LogP contribution in [0.15, 0.2) is 6.33 Å². The van der Waals surface area contributed by atoms with Crippen LogP contribution in [0.4, 0.5) is 0 Å². The number of aromatic nitrogens is 3. The highest BCUT2D eigenvalue weighted by Gasteiger charge is 2.31. The van der Waals surface area contributed by atoms with Crippen molar-refractivity contribution in [2.75, 3.05) is 0 Å². The molecule has 80 valence electrons. The van der Waals surface area contributed by atoms with Gasteiger partial charge in [-0.3, -0.25) is 5.10 Å². The van der Waals surface area contributed by atoms with Crippen molar-refractivity contribution >= 4 is 0 Å². The predicted molar refractivity (Wildman–Crippen MR) is 58.2 cm³/mol. The minimum Gasteiger partial charge on any atom is -0.263 e. The van der Waals surface area contributed by atoms with Gasteiger partial charge in [-0.2, -0.15) is 5.10 Å². The summed E-state index contributed by atoms with van der Waals surface area (Å²) in [5.74, 6) is 1.07. The summed E-state index contributed by atoms with van der Waals surface area (Å²) in [6.07, 6.45) is 7.57. The largest absolute Gasteiger partial charge is 0.263 e. The van der Waals surface area contributed by atoms with Gasteiger partial charge in [0, 0.05) is 5.41 Å². The molecule has 14 heavy (non-hydrogen) atoms. The first kappa shape index (κ1) is 11.2. The molecule has 0 aromatic carbocycles. The van der Waals surface area contributed by atoms with Crippen molar-refractivity contribution in [3.63, 3.8) is 0 Å². The quantitative estimate of drug-likeness (QED) is 0.758. The van der Waals surface area contributed by atoms with Gasteiger partial charge in [0.15, 0.2) is 0 Å². The minimum atomic E-state index is 0.236. The van der Waals surface area contributed by atoms with Crippen molar-refractivity contribution in [1.29, 1.82) is 0 Å². The van der Waals surface area contributed by atoms with Crippen LogP contribution in [0.2, 0.25) is 0 Å².